The quantitative estimate of drug-likeness (QED) is 0.777. The Morgan fingerprint density at radius 2 is 1.95 bits per heavy atom. The molecule has 0 radical (unpaired) electrons. The Labute approximate surface area is 127 Å². The molecule has 0 aromatic rings. The topological polar surface area (TPSA) is 33.7 Å². The number of nitrogens with zero attached hydrogens (tertiary/aromatic N) is 1. The maximum Gasteiger partial charge on any atom is 0.169 e. The smallest absolute Gasteiger partial charge is 0.169 e. The van der Waals surface area contributed by atoms with Crippen molar-refractivity contribution in [3.8, 4) is 0 Å². The molecule has 1 aliphatic carbocycles. The van der Waals surface area contributed by atoms with Crippen molar-refractivity contribution in [2.75, 3.05) is 45.6 Å². The first-order valence-corrected chi connectivity index (χ1v) is 9.07. The minimum absolute atomic E-state index is 0.264. The summed E-state index contributed by atoms with van der Waals surface area (Å²) in [6.07, 6.45) is 3.21. The number of nitrogens with one attached hydrogen (secondary N) is 1. The van der Waals surface area contributed by atoms with Gasteiger partial charge in [0.2, 0.25) is 0 Å². The lowest BCUT2D eigenvalue weighted by Gasteiger charge is -2.40. The molecule has 5 heteroatoms. The molecule has 0 aromatic carbocycles. The van der Waals surface area contributed by atoms with Crippen LogP contribution in [0.1, 0.15) is 33.1 Å². The maximum absolute atomic E-state index is 5.90. The van der Waals surface area contributed by atoms with Gasteiger partial charge >= 0.3 is 0 Å². The molecule has 2 rings (SSSR count). The van der Waals surface area contributed by atoms with Crippen molar-refractivity contribution in [2.24, 2.45) is 0 Å². The van der Waals surface area contributed by atoms with Crippen LogP contribution in [0.3, 0.4) is 0 Å². The molecule has 2 unspecified atom stereocenters. The van der Waals surface area contributed by atoms with Crippen LogP contribution in [0.2, 0.25) is 0 Å². The largest absolute Gasteiger partial charge is 0.347 e. The number of hydrogen-bond donors (Lipinski definition) is 1. The van der Waals surface area contributed by atoms with Gasteiger partial charge in [0.05, 0.1) is 13.2 Å². The van der Waals surface area contributed by atoms with Crippen molar-refractivity contribution in [2.45, 2.75) is 50.2 Å². The van der Waals surface area contributed by atoms with Crippen molar-refractivity contribution >= 4 is 11.8 Å². The molecular formula is C15H30N2O2S. The van der Waals surface area contributed by atoms with Crippen molar-refractivity contribution in [1.29, 1.82) is 0 Å². The van der Waals surface area contributed by atoms with Crippen LogP contribution >= 0.6 is 11.8 Å². The Kier molecular flexibility index (Phi) is 6.62. The molecule has 2 atom stereocenters. The van der Waals surface area contributed by atoms with Gasteiger partial charge in [-0.3, -0.25) is 0 Å². The Morgan fingerprint density at radius 3 is 2.55 bits per heavy atom. The lowest BCUT2D eigenvalue weighted by atomic mass is 9.89. The molecule has 4 nitrogen and oxygen atoms in total. The van der Waals surface area contributed by atoms with Crippen LogP contribution in [0.25, 0.3) is 0 Å². The molecule has 1 heterocycles. The van der Waals surface area contributed by atoms with E-state index < -0.39 is 0 Å². The molecule has 0 bridgehead atoms. The number of rotatable bonds is 7. The van der Waals surface area contributed by atoms with E-state index in [0.29, 0.717) is 11.3 Å². The number of hydrogen-bond acceptors (Lipinski definition) is 5. The first kappa shape index (κ1) is 16.6. The second-order valence-corrected chi connectivity index (χ2v) is 7.03. The zero-order valence-electron chi connectivity index (χ0n) is 13.2. The first-order valence-electron chi connectivity index (χ1n) is 8.02. The van der Waals surface area contributed by atoms with Gasteiger partial charge in [-0.2, -0.15) is 11.8 Å². The molecule has 1 N–H and O–H groups in total. The summed E-state index contributed by atoms with van der Waals surface area (Å²) < 4.78 is 11.8. The average Bonchev–Trinajstić information content (AvgIpc) is 2.92. The van der Waals surface area contributed by atoms with Crippen molar-refractivity contribution in [1.82, 2.24) is 10.2 Å². The average molecular weight is 302 g/mol. The molecule has 1 saturated carbocycles. The Bertz CT molecular complexity index is 281. The monoisotopic (exact) mass is 302 g/mol. The van der Waals surface area contributed by atoms with Gasteiger partial charge in [-0.05, 0) is 26.6 Å². The van der Waals surface area contributed by atoms with Crippen LogP contribution < -0.4 is 5.32 Å². The molecule has 1 aliphatic heterocycles. The fourth-order valence-electron chi connectivity index (χ4n) is 3.25. The second-order valence-electron chi connectivity index (χ2n) is 5.68. The molecule has 20 heavy (non-hydrogen) atoms. The summed E-state index contributed by atoms with van der Waals surface area (Å²) in [5.74, 6) is 0.931. The third kappa shape index (κ3) is 4.10. The van der Waals surface area contributed by atoms with Gasteiger partial charge in [0.15, 0.2) is 5.79 Å². The summed E-state index contributed by atoms with van der Waals surface area (Å²) in [6.45, 7) is 9.48. The summed E-state index contributed by atoms with van der Waals surface area (Å²) in [6, 6.07) is 0.593. The van der Waals surface area contributed by atoms with Gasteiger partial charge in [-0.1, -0.05) is 13.8 Å². The third-order valence-electron chi connectivity index (χ3n) is 4.62. The third-order valence-corrected chi connectivity index (χ3v) is 5.96. The fraction of sp³-hybridized carbons (Fsp3) is 1.00. The van der Waals surface area contributed by atoms with E-state index in [9.17, 15) is 0 Å². The maximum atomic E-state index is 5.90. The highest BCUT2D eigenvalue weighted by Crippen LogP contribution is 2.40. The van der Waals surface area contributed by atoms with Crippen LogP contribution in [0.5, 0.6) is 0 Å². The fourth-order valence-corrected chi connectivity index (χ4v) is 4.79. The molecule has 1 saturated heterocycles. The number of ether oxygens (including phenoxy) is 2. The normalized spacial score (nSPS) is 29.4. The van der Waals surface area contributed by atoms with Crippen molar-refractivity contribution in [3.05, 3.63) is 0 Å². The highest BCUT2D eigenvalue weighted by molar-refractivity contribution is 8.00. The van der Waals surface area contributed by atoms with Gasteiger partial charge in [0, 0.05) is 36.4 Å². The van der Waals surface area contributed by atoms with Gasteiger partial charge in [-0.15, -0.1) is 0 Å². The van der Waals surface area contributed by atoms with E-state index in [2.05, 4.69) is 42.9 Å². The van der Waals surface area contributed by atoms with Crippen LogP contribution in [0.15, 0.2) is 0 Å². The summed E-state index contributed by atoms with van der Waals surface area (Å²) in [5.41, 5.74) is 0. The van der Waals surface area contributed by atoms with E-state index in [1.54, 1.807) is 0 Å². The molecule has 2 aliphatic rings. The predicted molar refractivity (Wildman–Crippen MR) is 85.4 cm³/mol. The van der Waals surface area contributed by atoms with E-state index in [4.69, 9.17) is 9.47 Å². The molecule has 1 spiro atoms. The van der Waals surface area contributed by atoms with Crippen molar-refractivity contribution in [3.63, 3.8) is 0 Å². The van der Waals surface area contributed by atoms with Gasteiger partial charge in [0.25, 0.3) is 0 Å². The van der Waals surface area contributed by atoms with Gasteiger partial charge in [-0.25, -0.2) is 0 Å². The van der Waals surface area contributed by atoms with Gasteiger partial charge in [0.1, 0.15) is 0 Å². The highest BCUT2D eigenvalue weighted by atomic mass is 32.2. The van der Waals surface area contributed by atoms with Gasteiger partial charge < -0.3 is 19.7 Å². The lowest BCUT2D eigenvalue weighted by Crippen LogP contribution is -2.49. The zero-order valence-corrected chi connectivity index (χ0v) is 14.0. The second kappa shape index (κ2) is 7.99. The van der Waals surface area contributed by atoms with Crippen LogP contribution in [0, 0.1) is 0 Å². The Morgan fingerprint density at radius 1 is 1.25 bits per heavy atom. The Hall–Kier alpha value is 0.190. The predicted octanol–water partition coefficient (Wildman–Crippen LogP) is 1.94. The molecule has 0 amide bonds. The van der Waals surface area contributed by atoms with Crippen LogP contribution in [-0.2, 0) is 9.47 Å². The highest BCUT2D eigenvalue weighted by Gasteiger charge is 2.44. The summed E-state index contributed by atoms with van der Waals surface area (Å²) in [4.78, 5) is 2.49. The zero-order chi connectivity index (χ0) is 14.4. The van der Waals surface area contributed by atoms with E-state index in [0.717, 1.165) is 45.6 Å². The Balaban J connectivity index is 1.82. The first-order chi connectivity index (χ1) is 9.73. The molecule has 118 valence electrons. The summed E-state index contributed by atoms with van der Waals surface area (Å²) in [7, 11) is 2.08. The van der Waals surface area contributed by atoms with Crippen LogP contribution in [0.4, 0.5) is 0 Å². The summed E-state index contributed by atoms with van der Waals surface area (Å²) >= 11 is 2.09. The van der Waals surface area contributed by atoms with E-state index in [-0.39, 0.29) is 5.79 Å². The standard InChI is InChI=1S/C15H30N2O2S/c1-4-17(5-2)8-11-20-14-12-15(18-9-10-19-15)7-6-13(14)16-3/h13-14,16H,4-12H2,1-3H3. The van der Waals surface area contributed by atoms with E-state index >= 15 is 0 Å². The van der Waals surface area contributed by atoms with E-state index in [1.807, 2.05) is 0 Å². The summed E-state index contributed by atoms with van der Waals surface area (Å²) in [5, 5.41) is 4.08. The number of thioether (sulfide) groups is 1. The van der Waals surface area contributed by atoms with Crippen LogP contribution in [-0.4, -0.2) is 67.6 Å². The molecule has 2 fully saturated rings. The minimum atomic E-state index is -0.264. The molecular weight excluding hydrogens is 272 g/mol. The van der Waals surface area contributed by atoms with Crippen molar-refractivity contribution < 1.29 is 9.47 Å². The minimum Gasteiger partial charge on any atom is -0.347 e. The lowest BCUT2D eigenvalue weighted by molar-refractivity contribution is -0.177. The van der Waals surface area contributed by atoms with E-state index in [1.165, 1.54) is 12.3 Å². The SMILES string of the molecule is CCN(CC)CCSC1CC2(CCC1NC)OCCO2. The molecule has 0 aromatic heterocycles.